The Hall–Kier alpha value is -2.24. The molecular weight excluding hydrogens is 408 g/mol. The molecule has 5 heteroatoms. The number of nitrogens with zero attached hydrogens (tertiary/aromatic N) is 2. The van der Waals surface area contributed by atoms with Gasteiger partial charge in [0.1, 0.15) is 4.83 Å². The van der Waals surface area contributed by atoms with E-state index in [9.17, 15) is 4.79 Å². The Morgan fingerprint density at radius 2 is 1.81 bits per heavy atom. The van der Waals surface area contributed by atoms with Crippen molar-refractivity contribution in [2.45, 2.75) is 19.9 Å². The average Bonchev–Trinajstić information content (AvgIpc) is 3.05. The van der Waals surface area contributed by atoms with Gasteiger partial charge in [-0.25, -0.2) is 4.98 Å². The van der Waals surface area contributed by atoms with Crippen LogP contribution in [0.3, 0.4) is 0 Å². The van der Waals surface area contributed by atoms with Crippen molar-refractivity contribution in [3.05, 3.63) is 86.2 Å². The molecule has 3 nitrogen and oxygen atoms in total. The van der Waals surface area contributed by atoms with Crippen molar-refractivity contribution in [3.8, 4) is 11.1 Å². The van der Waals surface area contributed by atoms with Crippen molar-refractivity contribution in [3.63, 3.8) is 0 Å². The van der Waals surface area contributed by atoms with Crippen molar-refractivity contribution in [1.29, 1.82) is 0 Å². The predicted octanol–water partition coefficient (Wildman–Crippen LogP) is 5.50. The lowest BCUT2D eigenvalue weighted by Crippen LogP contribution is -2.21. The Morgan fingerprint density at radius 1 is 1.08 bits per heavy atom. The van der Waals surface area contributed by atoms with Gasteiger partial charge in [0.2, 0.25) is 0 Å². The molecule has 4 rings (SSSR count). The monoisotopic (exact) mass is 424 g/mol. The van der Waals surface area contributed by atoms with Crippen LogP contribution in [0, 0.1) is 0 Å². The second kappa shape index (κ2) is 7.17. The van der Waals surface area contributed by atoms with E-state index in [2.05, 4.69) is 40.0 Å². The lowest BCUT2D eigenvalue weighted by atomic mass is 10.0. The fraction of sp³-hybridized carbons (Fsp3) is 0.143. The molecule has 0 N–H and O–H groups in total. The van der Waals surface area contributed by atoms with Gasteiger partial charge in [0.25, 0.3) is 5.56 Å². The van der Waals surface area contributed by atoms with E-state index >= 15 is 0 Å². The second-order valence-corrected chi connectivity index (χ2v) is 8.10. The summed E-state index contributed by atoms with van der Waals surface area (Å²) in [6.45, 7) is 2.65. The van der Waals surface area contributed by atoms with Gasteiger partial charge in [-0.05, 0) is 29.7 Å². The maximum absolute atomic E-state index is 13.2. The molecule has 26 heavy (non-hydrogen) atoms. The van der Waals surface area contributed by atoms with E-state index in [1.165, 1.54) is 4.88 Å². The Balaban J connectivity index is 1.91. The molecule has 2 heterocycles. The van der Waals surface area contributed by atoms with Crippen molar-refractivity contribution < 1.29 is 0 Å². The SMILES string of the molecule is CCc1sc2ncn(Cc3ccccc3)c(=O)c2c1-c1ccc(Br)cc1. The van der Waals surface area contributed by atoms with Crippen molar-refractivity contribution in [1.82, 2.24) is 9.55 Å². The third kappa shape index (κ3) is 3.13. The van der Waals surface area contributed by atoms with E-state index in [0.29, 0.717) is 6.54 Å². The van der Waals surface area contributed by atoms with E-state index in [1.54, 1.807) is 22.2 Å². The molecule has 2 aromatic heterocycles. The normalized spacial score (nSPS) is 11.2. The predicted molar refractivity (Wildman–Crippen MR) is 112 cm³/mol. The van der Waals surface area contributed by atoms with Gasteiger partial charge >= 0.3 is 0 Å². The second-order valence-electron chi connectivity index (χ2n) is 6.10. The van der Waals surface area contributed by atoms with Crippen LogP contribution in [-0.2, 0) is 13.0 Å². The summed E-state index contributed by atoms with van der Waals surface area (Å²) in [5, 5.41) is 0.729. The van der Waals surface area contributed by atoms with Gasteiger partial charge in [-0.2, -0.15) is 0 Å². The summed E-state index contributed by atoms with van der Waals surface area (Å²) in [4.78, 5) is 19.8. The quantitative estimate of drug-likeness (QED) is 0.433. The zero-order valence-electron chi connectivity index (χ0n) is 14.3. The molecule has 4 aromatic rings. The zero-order valence-corrected chi connectivity index (χ0v) is 16.7. The van der Waals surface area contributed by atoms with E-state index < -0.39 is 0 Å². The highest BCUT2D eigenvalue weighted by Crippen LogP contribution is 2.36. The molecule has 0 fully saturated rings. The molecule has 0 radical (unpaired) electrons. The molecule has 0 aliphatic heterocycles. The smallest absolute Gasteiger partial charge is 0.263 e. The van der Waals surface area contributed by atoms with Crippen LogP contribution in [0.5, 0.6) is 0 Å². The number of hydrogen-bond donors (Lipinski definition) is 0. The third-order valence-corrected chi connectivity index (χ3v) is 6.17. The zero-order chi connectivity index (χ0) is 18.1. The highest BCUT2D eigenvalue weighted by atomic mass is 79.9. The van der Waals surface area contributed by atoms with Crippen molar-refractivity contribution in [2.24, 2.45) is 0 Å². The number of thiophene rings is 1. The van der Waals surface area contributed by atoms with Gasteiger partial charge < -0.3 is 0 Å². The summed E-state index contributed by atoms with van der Waals surface area (Å²) in [6, 6.07) is 18.1. The fourth-order valence-electron chi connectivity index (χ4n) is 3.14. The minimum absolute atomic E-state index is 0.0210. The number of rotatable bonds is 4. The molecule has 0 saturated carbocycles. The highest BCUT2D eigenvalue weighted by molar-refractivity contribution is 9.10. The van der Waals surface area contributed by atoms with E-state index in [0.717, 1.165) is 37.8 Å². The molecule has 130 valence electrons. The first-order valence-electron chi connectivity index (χ1n) is 8.48. The van der Waals surface area contributed by atoms with Crippen LogP contribution in [0.1, 0.15) is 17.4 Å². The van der Waals surface area contributed by atoms with Gasteiger partial charge in [-0.3, -0.25) is 9.36 Å². The van der Waals surface area contributed by atoms with Crippen molar-refractivity contribution >= 4 is 37.5 Å². The standard InChI is InChI=1S/C21H17BrN2OS/c1-2-17-18(15-8-10-16(22)11-9-15)19-20(26-17)23-13-24(21(19)25)12-14-6-4-3-5-7-14/h3-11,13H,2,12H2,1H3. The molecule has 0 saturated heterocycles. The molecule has 0 unspecified atom stereocenters. The molecule has 0 bridgehead atoms. The van der Waals surface area contributed by atoms with Crippen molar-refractivity contribution in [2.75, 3.05) is 0 Å². The Labute approximate surface area is 164 Å². The highest BCUT2D eigenvalue weighted by Gasteiger charge is 2.18. The van der Waals surface area contributed by atoms with Crippen LogP contribution < -0.4 is 5.56 Å². The number of benzene rings is 2. The minimum atomic E-state index is 0.0210. The summed E-state index contributed by atoms with van der Waals surface area (Å²) in [7, 11) is 0. The van der Waals surface area contributed by atoms with Gasteiger partial charge in [0.15, 0.2) is 0 Å². The van der Waals surface area contributed by atoms with Crippen LogP contribution in [0.2, 0.25) is 0 Å². The van der Waals surface area contributed by atoms with Gasteiger partial charge in [-0.15, -0.1) is 11.3 Å². The Bertz CT molecular complexity index is 1110. The summed E-state index contributed by atoms with van der Waals surface area (Å²) in [5.74, 6) is 0. The minimum Gasteiger partial charge on any atom is -0.294 e. The van der Waals surface area contributed by atoms with Gasteiger partial charge in [0.05, 0.1) is 18.3 Å². The van der Waals surface area contributed by atoms with Gasteiger partial charge in [-0.1, -0.05) is 65.3 Å². The largest absolute Gasteiger partial charge is 0.294 e. The first-order valence-corrected chi connectivity index (χ1v) is 10.1. The average molecular weight is 425 g/mol. The van der Waals surface area contributed by atoms with Crippen LogP contribution in [-0.4, -0.2) is 9.55 Å². The number of aromatic nitrogens is 2. The van der Waals surface area contributed by atoms with E-state index in [-0.39, 0.29) is 5.56 Å². The number of hydrogen-bond acceptors (Lipinski definition) is 3. The Morgan fingerprint density at radius 3 is 2.50 bits per heavy atom. The van der Waals surface area contributed by atoms with Crippen LogP contribution in [0.15, 0.2) is 70.2 Å². The Kier molecular flexibility index (Phi) is 4.74. The lowest BCUT2D eigenvalue weighted by molar-refractivity contribution is 0.749. The molecular formula is C21H17BrN2OS. The summed E-state index contributed by atoms with van der Waals surface area (Å²) < 4.78 is 2.73. The van der Waals surface area contributed by atoms with Gasteiger partial charge in [0, 0.05) is 14.9 Å². The van der Waals surface area contributed by atoms with Crippen LogP contribution in [0.4, 0.5) is 0 Å². The maximum Gasteiger partial charge on any atom is 0.263 e. The lowest BCUT2D eigenvalue weighted by Gasteiger charge is -2.07. The molecule has 0 aliphatic carbocycles. The van der Waals surface area contributed by atoms with E-state index in [4.69, 9.17) is 0 Å². The molecule has 2 aromatic carbocycles. The number of fused-ring (bicyclic) bond motifs is 1. The van der Waals surface area contributed by atoms with E-state index in [1.807, 2.05) is 42.5 Å². The fourth-order valence-corrected chi connectivity index (χ4v) is 4.49. The number of aryl methyl sites for hydroxylation is 1. The summed E-state index contributed by atoms with van der Waals surface area (Å²) >= 11 is 5.10. The molecule has 0 aliphatic rings. The molecule has 0 atom stereocenters. The molecule has 0 amide bonds. The third-order valence-electron chi connectivity index (χ3n) is 4.40. The summed E-state index contributed by atoms with van der Waals surface area (Å²) in [5.41, 5.74) is 3.20. The maximum atomic E-state index is 13.2. The first kappa shape index (κ1) is 17.2. The summed E-state index contributed by atoms with van der Waals surface area (Å²) in [6.07, 6.45) is 2.55. The topological polar surface area (TPSA) is 34.9 Å². The van der Waals surface area contributed by atoms with Crippen LogP contribution in [0.25, 0.3) is 21.3 Å². The number of halogens is 1. The first-order chi connectivity index (χ1) is 12.7. The molecule has 0 spiro atoms. The van der Waals surface area contributed by atoms with Crippen LogP contribution >= 0.6 is 27.3 Å².